The van der Waals surface area contributed by atoms with Gasteiger partial charge in [0.15, 0.2) is 0 Å². The highest BCUT2D eigenvalue weighted by Crippen LogP contribution is 2.16. The van der Waals surface area contributed by atoms with Gasteiger partial charge in [-0.15, -0.1) is 0 Å². The molecule has 0 heterocycles. The smallest absolute Gasteiger partial charge is 0.407 e. The van der Waals surface area contributed by atoms with E-state index in [2.05, 4.69) is 36.6 Å². The van der Waals surface area contributed by atoms with E-state index in [-0.39, 0.29) is 18.2 Å². The molecule has 1 amide bonds. The average Bonchev–Trinajstić information content (AvgIpc) is 2.34. The third-order valence-corrected chi connectivity index (χ3v) is 3.15. The molecule has 0 aliphatic rings. The van der Waals surface area contributed by atoms with Gasteiger partial charge in [-0.2, -0.15) is 0 Å². The highest BCUT2D eigenvalue weighted by Gasteiger charge is 2.18. The zero-order valence-corrected chi connectivity index (χ0v) is 14.0. The molecule has 2 unspecified atom stereocenters. The number of carbonyl (C=O) groups is 1. The lowest BCUT2D eigenvalue weighted by Crippen LogP contribution is -2.43. The summed E-state index contributed by atoms with van der Waals surface area (Å²) in [6.07, 6.45) is -0.375. The number of hydrogen-bond donors (Lipinski definition) is 2. The molecule has 0 saturated carbocycles. The van der Waals surface area contributed by atoms with Gasteiger partial charge in [-0.3, -0.25) is 0 Å². The monoisotopic (exact) mass is 292 g/mol. The Morgan fingerprint density at radius 3 is 2.43 bits per heavy atom. The van der Waals surface area contributed by atoms with E-state index in [0.29, 0.717) is 6.54 Å². The third kappa shape index (κ3) is 6.63. The lowest BCUT2D eigenvalue weighted by Gasteiger charge is -2.23. The van der Waals surface area contributed by atoms with Crippen molar-refractivity contribution >= 4 is 6.09 Å². The fourth-order valence-corrected chi connectivity index (χ4v) is 2.10. The van der Waals surface area contributed by atoms with Crippen LogP contribution in [-0.2, 0) is 4.74 Å². The Kier molecular flexibility index (Phi) is 6.21. The second-order valence-corrected chi connectivity index (χ2v) is 6.53. The van der Waals surface area contributed by atoms with E-state index in [1.54, 1.807) is 0 Å². The first kappa shape index (κ1) is 17.5. The van der Waals surface area contributed by atoms with Crippen molar-refractivity contribution in [3.8, 4) is 0 Å². The number of benzene rings is 1. The molecular formula is C17H28N2O2. The van der Waals surface area contributed by atoms with Crippen LogP contribution in [-0.4, -0.2) is 24.3 Å². The minimum atomic E-state index is -0.467. The van der Waals surface area contributed by atoms with Crippen LogP contribution in [0.1, 0.15) is 51.8 Å². The summed E-state index contributed by atoms with van der Waals surface area (Å²) in [5.74, 6) is 0. The molecule has 0 aliphatic carbocycles. The van der Waals surface area contributed by atoms with Crippen LogP contribution < -0.4 is 10.6 Å². The standard InChI is InChI=1S/C17H28N2O2/c1-12-9-7-8-10-15(12)14(3)18-11-13(2)19-16(20)21-17(4,5)6/h7-10,13-14,18H,11H2,1-6H3,(H,19,20). The molecule has 0 fully saturated rings. The van der Waals surface area contributed by atoms with E-state index >= 15 is 0 Å². The van der Waals surface area contributed by atoms with Crippen LogP contribution in [0.2, 0.25) is 0 Å². The maximum atomic E-state index is 11.7. The van der Waals surface area contributed by atoms with E-state index in [9.17, 15) is 4.79 Å². The van der Waals surface area contributed by atoms with Crippen molar-refractivity contribution in [2.75, 3.05) is 6.54 Å². The van der Waals surface area contributed by atoms with Crippen molar-refractivity contribution in [3.63, 3.8) is 0 Å². The molecule has 0 bridgehead atoms. The fourth-order valence-electron chi connectivity index (χ4n) is 2.10. The molecule has 0 aliphatic heterocycles. The molecule has 1 aromatic carbocycles. The molecule has 4 nitrogen and oxygen atoms in total. The number of alkyl carbamates (subject to hydrolysis) is 1. The molecule has 0 saturated heterocycles. The van der Waals surface area contributed by atoms with Gasteiger partial charge < -0.3 is 15.4 Å². The summed E-state index contributed by atoms with van der Waals surface area (Å²) in [6.45, 7) is 12.5. The van der Waals surface area contributed by atoms with Crippen molar-refractivity contribution in [2.24, 2.45) is 0 Å². The largest absolute Gasteiger partial charge is 0.444 e. The Labute approximate surface area is 128 Å². The molecular weight excluding hydrogens is 264 g/mol. The van der Waals surface area contributed by atoms with E-state index < -0.39 is 5.60 Å². The molecule has 1 rings (SSSR count). The molecule has 118 valence electrons. The second kappa shape index (κ2) is 7.46. The van der Waals surface area contributed by atoms with Gasteiger partial charge >= 0.3 is 6.09 Å². The summed E-state index contributed by atoms with van der Waals surface area (Å²) in [5.41, 5.74) is 2.08. The zero-order chi connectivity index (χ0) is 16.0. The van der Waals surface area contributed by atoms with Crippen molar-refractivity contribution in [2.45, 2.75) is 59.2 Å². The summed E-state index contributed by atoms with van der Waals surface area (Å²) >= 11 is 0. The molecule has 0 aromatic heterocycles. The van der Waals surface area contributed by atoms with Crippen LogP contribution in [0.5, 0.6) is 0 Å². The maximum Gasteiger partial charge on any atom is 0.407 e. The van der Waals surface area contributed by atoms with Crippen LogP contribution in [0, 0.1) is 6.92 Å². The normalized spacial score (nSPS) is 14.4. The van der Waals surface area contributed by atoms with Gasteiger partial charge in [0.25, 0.3) is 0 Å². The first-order valence-electron chi connectivity index (χ1n) is 7.47. The predicted molar refractivity (Wildman–Crippen MR) is 86.4 cm³/mol. The highest BCUT2D eigenvalue weighted by molar-refractivity contribution is 5.68. The Morgan fingerprint density at radius 1 is 1.24 bits per heavy atom. The van der Waals surface area contributed by atoms with Crippen LogP contribution in [0.4, 0.5) is 4.79 Å². The number of rotatable bonds is 5. The molecule has 2 N–H and O–H groups in total. The van der Waals surface area contributed by atoms with Gasteiger partial charge in [0.2, 0.25) is 0 Å². The molecule has 0 spiro atoms. The summed E-state index contributed by atoms with van der Waals surface area (Å²) in [5, 5.41) is 6.27. The first-order valence-corrected chi connectivity index (χ1v) is 7.47. The van der Waals surface area contributed by atoms with Crippen LogP contribution in [0.3, 0.4) is 0 Å². The SMILES string of the molecule is Cc1ccccc1C(C)NCC(C)NC(=O)OC(C)(C)C. The lowest BCUT2D eigenvalue weighted by molar-refractivity contribution is 0.0507. The second-order valence-electron chi connectivity index (χ2n) is 6.53. The van der Waals surface area contributed by atoms with Gasteiger partial charge in [-0.1, -0.05) is 24.3 Å². The molecule has 4 heteroatoms. The summed E-state index contributed by atoms with van der Waals surface area (Å²) < 4.78 is 5.24. The molecule has 0 radical (unpaired) electrons. The molecule has 2 atom stereocenters. The van der Waals surface area contributed by atoms with Gasteiger partial charge in [0.1, 0.15) is 5.60 Å². The molecule has 1 aromatic rings. The van der Waals surface area contributed by atoms with Gasteiger partial charge in [0.05, 0.1) is 0 Å². The number of carbonyl (C=O) groups excluding carboxylic acids is 1. The Bertz CT molecular complexity index is 466. The van der Waals surface area contributed by atoms with Crippen LogP contribution in [0.15, 0.2) is 24.3 Å². The summed E-state index contributed by atoms with van der Waals surface area (Å²) in [6, 6.07) is 8.57. The quantitative estimate of drug-likeness (QED) is 0.872. The van der Waals surface area contributed by atoms with Crippen molar-refractivity contribution in [3.05, 3.63) is 35.4 Å². The zero-order valence-electron chi connectivity index (χ0n) is 14.0. The summed E-state index contributed by atoms with van der Waals surface area (Å²) in [7, 11) is 0. The first-order chi connectivity index (χ1) is 9.69. The van der Waals surface area contributed by atoms with E-state index in [0.717, 1.165) is 0 Å². The van der Waals surface area contributed by atoms with Crippen LogP contribution >= 0.6 is 0 Å². The van der Waals surface area contributed by atoms with Gasteiger partial charge in [0, 0.05) is 18.6 Å². The number of ether oxygens (including phenoxy) is 1. The average molecular weight is 292 g/mol. The fraction of sp³-hybridized carbons (Fsp3) is 0.588. The number of amides is 1. The number of aryl methyl sites for hydroxylation is 1. The maximum absolute atomic E-state index is 11.7. The van der Waals surface area contributed by atoms with Crippen molar-refractivity contribution in [1.82, 2.24) is 10.6 Å². The van der Waals surface area contributed by atoms with Crippen molar-refractivity contribution in [1.29, 1.82) is 0 Å². The summed E-state index contributed by atoms with van der Waals surface area (Å²) in [4.78, 5) is 11.7. The highest BCUT2D eigenvalue weighted by atomic mass is 16.6. The van der Waals surface area contributed by atoms with E-state index in [4.69, 9.17) is 4.74 Å². The minimum Gasteiger partial charge on any atom is -0.444 e. The topological polar surface area (TPSA) is 50.4 Å². The number of nitrogens with one attached hydrogen (secondary N) is 2. The predicted octanol–water partition coefficient (Wildman–Crippen LogP) is 3.56. The minimum absolute atomic E-state index is 0.00585. The lowest BCUT2D eigenvalue weighted by atomic mass is 10.0. The van der Waals surface area contributed by atoms with E-state index in [1.807, 2.05) is 39.8 Å². The van der Waals surface area contributed by atoms with E-state index in [1.165, 1.54) is 11.1 Å². The van der Waals surface area contributed by atoms with Gasteiger partial charge in [-0.05, 0) is 52.7 Å². The Balaban J connectivity index is 2.41. The Morgan fingerprint density at radius 2 is 1.86 bits per heavy atom. The molecule has 21 heavy (non-hydrogen) atoms. The number of hydrogen-bond acceptors (Lipinski definition) is 3. The van der Waals surface area contributed by atoms with Crippen molar-refractivity contribution < 1.29 is 9.53 Å². The third-order valence-electron chi connectivity index (χ3n) is 3.15. The van der Waals surface area contributed by atoms with Gasteiger partial charge in [-0.25, -0.2) is 4.79 Å². The van der Waals surface area contributed by atoms with Crippen LogP contribution in [0.25, 0.3) is 0 Å². The Hall–Kier alpha value is -1.55.